The van der Waals surface area contributed by atoms with E-state index < -0.39 is 0 Å². The molecule has 2 atom stereocenters. The lowest BCUT2D eigenvalue weighted by Gasteiger charge is -2.44. The first-order chi connectivity index (χ1) is 18.1. The number of ether oxygens (including phenoxy) is 2. The third-order valence-corrected chi connectivity index (χ3v) is 8.04. The Kier molecular flexibility index (Phi) is 12.6. The first-order valence-electron chi connectivity index (χ1n) is 14.9. The predicted octanol–water partition coefficient (Wildman–Crippen LogP) is 9.82. The van der Waals surface area contributed by atoms with Crippen LogP contribution in [0.4, 0.5) is 10.1 Å². The van der Waals surface area contributed by atoms with Crippen molar-refractivity contribution in [3.05, 3.63) is 53.3 Å². The highest BCUT2D eigenvalue weighted by atomic mass is 19.1. The number of fused-ring (bicyclic) bond motifs is 1. The molecule has 2 unspecified atom stereocenters. The lowest BCUT2D eigenvalue weighted by molar-refractivity contribution is 0.351. The minimum atomic E-state index is -0.187. The molecule has 3 nitrogen and oxygen atoms in total. The van der Waals surface area contributed by atoms with E-state index in [-0.39, 0.29) is 11.9 Å². The maximum absolute atomic E-state index is 13.7. The van der Waals surface area contributed by atoms with E-state index in [4.69, 9.17) is 9.47 Å². The number of benzene rings is 2. The molecule has 0 bridgehead atoms. The molecule has 0 N–H and O–H groups in total. The predicted molar refractivity (Wildman–Crippen MR) is 155 cm³/mol. The number of hydrogen-bond acceptors (Lipinski definition) is 3. The number of anilines is 1. The van der Waals surface area contributed by atoms with Crippen molar-refractivity contribution in [2.75, 3.05) is 19.1 Å². The fourth-order valence-electron chi connectivity index (χ4n) is 6.00. The van der Waals surface area contributed by atoms with Crippen molar-refractivity contribution in [3.8, 4) is 11.5 Å². The van der Waals surface area contributed by atoms with Gasteiger partial charge >= 0.3 is 0 Å². The Hall–Kier alpha value is -2.23. The molecule has 0 spiro atoms. The van der Waals surface area contributed by atoms with Gasteiger partial charge in [-0.15, -0.1) is 0 Å². The fourth-order valence-corrected chi connectivity index (χ4v) is 6.00. The minimum Gasteiger partial charge on any atom is -0.493 e. The van der Waals surface area contributed by atoms with Crippen molar-refractivity contribution in [2.24, 2.45) is 0 Å². The van der Waals surface area contributed by atoms with Gasteiger partial charge in [0, 0.05) is 11.7 Å². The Bertz CT molecular complexity index is 913. The van der Waals surface area contributed by atoms with Crippen LogP contribution in [0.25, 0.3) is 0 Å². The van der Waals surface area contributed by atoms with Crippen molar-refractivity contribution in [3.63, 3.8) is 0 Å². The Morgan fingerprint density at radius 3 is 1.81 bits per heavy atom. The Morgan fingerprint density at radius 2 is 1.27 bits per heavy atom. The summed E-state index contributed by atoms with van der Waals surface area (Å²) in [6, 6.07) is 11.9. The zero-order chi connectivity index (χ0) is 26.5. The topological polar surface area (TPSA) is 21.7 Å². The van der Waals surface area contributed by atoms with Crippen molar-refractivity contribution in [1.82, 2.24) is 0 Å². The molecule has 0 aromatic heterocycles. The van der Waals surface area contributed by atoms with Crippen LogP contribution in [-0.2, 0) is 6.42 Å². The quantitative estimate of drug-likeness (QED) is 0.197. The van der Waals surface area contributed by atoms with Gasteiger partial charge in [0.05, 0.1) is 20.3 Å². The Balaban J connectivity index is 1.55. The largest absolute Gasteiger partial charge is 0.493 e. The molecule has 1 aliphatic heterocycles. The van der Waals surface area contributed by atoms with E-state index in [1.54, 1.807) is 26.4 Å². The monoisotopic (exact) mass is 511 g/mol. The van der Waals surface area contributed by atoms with Crippen molar-refractivity contribution >= 4 is 5.69 Å². The third-order valence-electron chi connectivity index (χ3n) is 8.04. The molecule has 2 aromatic rings. The first kappa shape index (κ1) is 29.3. The number of hydrogen-bond donors (Lipinski definition) is 0. The summed E-state index contributed by atoms with van der Waals surface area (Å²) in [6.45, 7) is 4.56. The van der Waals surface area contributed by atoms with Gasteiger partial charge in [0.25, 0.3) is 0 Å². The van der Waals surface area contributed by atoms with E-state index in [1.165, 1.54) is 94.6 Å². The first-order valence-corrected chi connectivity index (χ1v) is 14.9. The van der Waals surface area contributed by atoms with Gasteiger partial charge in [-0.3, -0.25) is 0 Å². The highest BCUT2D eigenvalue weighted by Crippen LogP contribution is 2.44. The average molecular weight is 512 g/mol. The molecule has 0 saturated heterocycles. The summed E-state index contributed by atoms with van der Waals surface area (Å²) in [7, 11) is 3.40. The molecule has 0 fully saturated rings. The zero-order valence-electron chi connectivity index (χ0n) is 23.9. The smallest absolute Gasteiger partial charge is 0.161 e. The van der Waals surface area contributed by atoms with E-state index in [2.05, 4.69) is 30.9 Å². The van der Waals surface area contributed by atoms with Crippen molar-refractivity contribution < 1.29 is 13.9 Å². The molecule has 206 valence electrons. The molecular weight excluding hydrogens is 461 g/mol. The molecule has 0 amide bonds. The van der Waals surface area contributed by atoms with Gasteiger partial charge in [-0.1, -0.05) is 90.4 Å². The second-order valence-corrected chi connectivity index (χ2v) is 10.9. The van der Waals surface area contributed by atoms with Crippen LogP contribution < -0.4 is 14.4 Å². The van der Waals surface area contributed by atoms with Gasteiger partial charge in [-0.25, -0.2) is 4.39 Å². The van der Waals surface area contributed by atoms with E-state index in [9.17, 15) is 4.39 Å². The molecule has 3 rings (SSSR count). The van der Waals surface area contributed by atoms with Crippen LogP contribution >= 0.6 is 0 Å². The van der Waals surface area contributed by atoms with E-state index in [1.807, 2.05) is 12.1 Å². The minimum absolute atomic E-state index is 0.187. The summed E-state index contributed by atoms with van der Waals surface area (Å²) in [5, 5.41) is 0. The highest BCUT2D eigenvalue weighted by Gasteiger charge is 2.33. The molecule has 0 saturated carbocycles. The number of halogens is 1. The summed E-state index contributed by atoms with van der Waals surface area (Å²) < 4.78 is 25.0. The van der Waals surface area contributed by atoms with Crippen LogP contribution in [0.1, 0.15) is 121 Å². The number of methoxy groups -OCH3 is 2. The van der Waals surface area contributed by atoms with Gasteiger partial charge in [-0.05, 0) is 67.3 Å². The SMILES string of the molecule is CCCCCCCCCCCCCCCC1c2cc(OC)c(OC)cc2CC(C)N1c1ccc(F)cc1. The summed E-state index contributed by atoms with van der Waals surface area (Å²) >= 11 is 0. The van der Waals surface area contributed by atoms with E-state index in [0.29, 0.717) is 6.04 Å². The third kappa shape index (κ3) is 8.65. The molecule has 4 heteroatoms. The van der Waals surface area contributed by atoms with Gasteiger partial charge in [0.1, 0.15) is 5.82 Å². The van der Waals surface area contributed by atoms with Crippen LogP contribution in [0, 0.1) is 5.82 Å². The standard InChI is InChI=1S/C33H50FNO2/c1-5-6-7-8-9-10-11-12-13-14-15-16-17-18-31-30-25-33(37-4)32(36-3)24-27(30)23-26(2)35(31)29-21-19-28(34)20-22-29/h19-22,24-26,31H,5-18,23H2,1-4H3. The lowest BCUT2D eigenvalue weighted by atomic mass is 9.85. The molecular formula is C33H50FNO2. The van der Waals surface area contributed by atoms with Gasteiger partial charge < -0.3 is 14.4 Å². The summed E-state index contributed by atoms with van der Waals surface area (Å²) in [6.07, 6.45) is 19.7. The van der Waals surface area contributed by atoms with Gasteiger partial charge in [-0.2, -0.15) is 0 Å². The van der Waals surface area contributed by atoms with Crippen LogP contribution in [0.3, 0.4) is 0 Å². The van der Waals surface area contributed by atoms with E-state index in [0.717, 1.165) is 30.0 Å². The van der Waals surface area contributed by atoms with Crippen LogP contribution in [-0.4, -0.2) is 20.3 Å². The summed E-state index contributed by atoms with van der Waals surface area (Å²) in [4.78, 5) is 2.49. The van der Waals surface area contributed by atoms with Crippen LogP contribution in [0.5, 0.6) is 11.5 Å². The van der Waals surface area contributed by atoms with Crippen molar-refractivity contribution in [1.29, 1.82) is 0 Å². The molecule has 2 aromatic carbocycles. The second-order valence-electron chi connectivity index (χ2n) is 10.9. The van der Waals surface area contributed by atoms with Crippen LogP contribution in [0.15, 0.2) is 36.4 Å². The van der Waals surface area contributed by atoms with Gasteiger partial charge in [0.2, 0.25) is 0 Å². The lowest BCUT2D eigenvalue weighted by Crippen LogP contribution is -2.42. The zero-order valence-corrected chi connectivity index (χ0v) is 23.9. The summed E-state index contributed by atoms with van der Waals surface area (Å²) in [5.74, 6) is 1.39. The normalized spacial score (nSPS) is 17.1. The maximum Gasteiger partial charge on any atom is 0.161 e. The molecule has 37 heavy (non-hydrogen) atoms. The number of unbranched alkanes of at least 4 members (excludes halogenated alkanes) is 12. The molecule has 0 aliphatic carbocycles. The Morgan fingerprint density at radius 1 is 0.757 bits per heavy atom. The van der Waals surface area contributed by atoms with Crippen LogP contribution in [0.2, 0.25) is 0 Å². The highest BCUT2D eigenvalue weighted by molar-refractivity contribution is 5.57. The summed E-state index contributed by atoms with van der Waals surface area (Å²) in [5.41, 5.74) is 3.75. The number of rotatable bonds is 17. The van der Waals surface area contributed by atoms with Gasteiger partial charge in [0.15, 0.2) is 11.5 Å². The average Bonchev–Trinajstić information content (AvgIpc) is 2.91. The maximum atomic E-state index is 13.7. The molecule has 1 heterocycles. The molecule has 0 radical (unpaired) electrons. The number of nitrogens with zero attached hydrogens (tertiary/aromatic N) is 1. The van der Waals surface area contributed by atoms with Crippen molar-refractivity contribution in [2.45, 2.75) is 122 Å². The van der Waals surface area contributed by atoms with E-state index >= 15 is 0 Å². The second kappa shape index (κ2) is 15.9. The fraction of sp³-hybridized carbons (Fsp3) is 0.636. The molecule has 1 aliphatic rings. The Labute approximate surface area is 225 Å².